The van der Waals surface area contributed by atoms with Gasteiger partial charge in [0.15, 0.2) is 0 Å². The summed E-state index contributed by atoms with van der Waals surface area (Å²) in [5, 5.41) is 5.23. The highest BCUT2D eigenvalue weighted by Gasteiger charge is 2.22. The number of piperazine rings is 1. The van der Waals surface area contributed by atoms with Crippen LogP contribution >= 0.6 is 0 Å². The van der Waals surface area contributed by atoms with Crippen molar-refractivity contribution in [3.05, 3.63) is 75.8 Å². The number of pyridine rings is 1. The molecule has 0 atom stereocenters. The smallest absolute Gasteiger partial charge is 0.336 e. The fourth-order valence-corrected chi connectivity index (χ4v) is 5.94. The van der Waals surface area contributed by atoms with Crippen LogP contribution in [0.2, 0.25) is 0 Å². The number of ether oxygens (including phenoxy) is 1. The first-order valence-electron chi connectivity index (χ1n) is 14.4. The molecule has 2 aromatic heterocycles. The number of fused-ring (bicyclic) bond motifs is 3. The van der Waals surface area contributed by atoms with Crippen LogP contribution in [0.15, 0.2) is 57.7 Å². The highest BCUT2D eigenvalue weighted by atomic mass is 16.5. The first kappa shape index (κ1) is 26.5. The quantitative estimate of drug-likeness (QED) is 0.259. The normalized spacial score (nSPS) is 16.2. The average Bonchev–Trinajstić information content (AvgIpc) is 2.96. The van der Waals surface area contributed by atoms with Gasteiger partial charge in [0.1, 0.15) is 11.3 Å². The lowest BCUT2D eigenvalue weighted by molar-refractivity contribution is -0.117. The van der Waals surface area contributed by atoms with Crippen molar-refractivity contribution in [2.45, 2.75) is 39.0 Å². The molecule has 4 aromatic rings. The molecule has 0 unspecified atom stereocenters. The van der Waals surface area contributed by atoms with E-state index in [0.29, 0.717) is 24.5 Å². The Balaban J connectivity index is 0.969. The maximum absolute atomic E-state index is 13.1. The minimum absolute atomic E-state index is 0.0485. The van der Waals surface area contributed by atoms with E-state index in [0.717, 1.165) is 98.1 Å². The van der Waals surface area contributed by atoms with Crippen molar-refractivity contribution >= 4 is 33.5 Å². The average molecular weight is 541 g/mol. The molecule has 0 radical (unpaired) electrons. The number of aromatic nitrogens is 1. The number of hydrogen-bond acceptors (Lipinski definition) is 7. The van der Waals surface area contributed by atoms with Gasteiger partial charge in [0.2, 0.25) is 5.91 Å². The van der Waals surface area contributed by atoms with E-state index >= 15 is 0 Å². The summed E-state index contributed by atoms with van der Waals surface area (Å²) < 4.78 is 11.2. The van der Waals surface area contributed by atoms with Crippen LogP contribution in [-0.4, -0.2) is 66.6 Å². The monoisotopic (exact) mass is 540 g/mol. The summed E-state index contributed by atoms with van der Waals surface area (Å²) in [5.41, 5.74) is 5.39. The van der Waals surface area contributed by atoms with E-state index in [9.17, 15) is 9.59 Å². The maximum atomic E-state index is 13.1. The molecule has 3 heterocycles. The van der Waals surface area contributed by atoms with Crippen LogP contribution in [-0.2, 0) is 17.6 Å². The van der Waals surface area contributed by atoms with Gasteiger partial charge < -0.3 is 19.4 Å². The summed E-state index contributed by atoms with van der Waals surface area (Å²) in [4.78, 5) is 34.3. The number of hydrogen-bond donors (Lipinski definition) is 1. The Bertz CT molecular complexity index is 1590. The highest BCUT2D eigenvalue weighted by Crippen LogP contribution is 2.33. The van der Waals surface area contributed by atoms with E-state index in [1.54, 1.807) is 6.07 Å². The van der Waals surface area contributed by atoms with Crippen molar-refractivity contribution in [2.24, 2.45) is 0 Å². The van der Waals surface area contributed by atoms with E-state index < -0.39 is 0 Å². The van der Waals surface area contributed by atoms with Gasteiger partial charge in [-0.25, -0.2) is 4.79 Å². The number of aryl methyl sites for hydroxylation is 2. The fourth-order valence-electron chi connectivity index (χ4n) is 5.94. The molecule has 1 N–H and O–H groups in total. The lowest BCUT2D eigenvalue weighted by Crippen LogP contribution is -2.48. The third-order valence-corrected chi connectivity index (χ3v) is 8.08. The maximum Gasteiger partial charge on any atom is 0.336 e. The predicted molar refractivity (Wildman–Crippen MR) is 157 cm³/mol. The number of para-hydroxylation sites is 1. The predicted octanol–water partition coefficient (Wildman–Crippen LogP) is 4.55. The molecule has 0 bridgehead atoms. The number of anilines is 1. The molecule has 8 heteroatoms. The van der Waals surface area contributed by atoms with Crippen LogP contribution in [0, 0.1) is 6.92 Å². The molecule has 0 saturated carbocycles. The van der Waals surface area contributed by atoms with Gasteiger partial charge in [0.05, 0.1) is 24.4 Å². The van der Waals surface area contributed by atoms with Gasteiger partial charge >= 0.3 is 5.63 Å². The Labute approximate surface area is 233 Å². The minimum atomic E-state index is -0.344. The molecule has 1 amide bonds. The van der Waals surface area contributed by atoms with Gasteiger partial charge in [0.25, 0.3) is 0 Å². The van der Waals surface area contributed by atoms with Gasteiger partial charge in [-0.15, -0.1) is 0 Å². The molecule has 2 aromatic carbocycles. The molecule has 1 fully saturated rings. The summed E-state index contributed by atoms with van der Waals surface area (Å²) in [6, 6.07) is 15.3. The number of nitrogens with zero attached hydrogens (tertiary/aromatic N) is 3. The second-order valence-electron chi connectivity index (χ2n) is 10.9. The van der Waals surface area contributed by atoms with Gasteiger partial charge in [-0.2, -0.15) is 0 Å². The molecule has 2 aliphatic rings. The Morgan fingerprint density at radius 1 is 1.00 bits per heavy atom. The van der Waals surface area contributed by atoms with Crippen LogP contribution in [0.4, 0.5) is 5.69 Å². The molecule has 1 saturated heterocycles. The molecule has 1 aliphatic heterocycles. The van der Waals surface area contributed by atoms with Gasteiger partial charge in [-0.05, 0) is 68.4 Å². The fraction of sp³-hybridized carbons (Fsp3) is 0.406. The van der Waals surface area contributed by atoms with E-state index in [1.165, 1.54) is 11.6 Å². The molecule has 0 spiro atoms. The second-order valence-corrected chi connectivity index (χ2v) is 10.9. The van der Waals surface area contributed by atoms with E-state index in [4.69, 9.17) is 14.1 Å². The Morgan fingerprint density at radius 3 is 2.67 bits per heavy atom. The number of carbonyl (C=O) groups is 1. The van der Waals surface area contributed by atoms with Crippen LogP contribution in [0.1, 0.15) is 36.1 Å². The zero-order valence-corrected chi connectivity index (χ0v) is 23.1. The van der Waals surface area contributed by atoms with Gasteiger partial charge in [0, 0.05) is 61.3 Å². The van der Waals surface area contributed by atoms with E-state index in [1.807, 2.05) is 37.3 Å². The molecular weight excluding hydrogens is 504 g/mol. The molecule has 6 rings (SSSR count). The molecule has 208 valence electrons. The van der Waals surface area contributed by atoms with Gasteiger partial charge in [-0.3, -0.25) is 14.7 Å². The topological polar surface area (TPSA) is 87.9 Å². The largest absolute Gasteiger partial charge is 0.493 e. The summed E-state index contributed by atoms with van der Waals surface area (Å²) in [6.07, 6.45) is 5.16. The first-order valence-corrected chi connectivity index (χ1v) is 14.4. The minimum Gasteiger partial charge on any atom is -0.493 e. The van der Waals surface area contributed by atoms with Crippen molar-refractivity contribution in [3.8, 4) is 5.75 Å². The SMILES string of the molecule is Cc1cc(=O)oc2cc(OCCCN3CCN(CC(=O)Nc4c5c(nc6ccccc46)CCCC5)CC3)ccc12. The van der Waals surface area contributed by atoms with Crippen molar-refractivity contribution in [1.29, 1.82) is 0 Å². The molecule has 1 aliphatic carbocycles. The summed E-state index contributed by atoms with van der Waals surface area (Å²) in [6.45, 7) is 7.44. The molecular formula is C32H36N4O4. The summed E-state index contributed by atoms with van der Waals surface area (Å²) in [5.74, 6) is 0.757. The van der Waals surface area contributed by atoms with Crippen LogP contribution in [0.5, 0.6) is 5.75 Å². The summed E-state index contributed by atoms with van der Waals surface area (Å²) in [7, 11) is 0. The summed E-state index contributed by atoms with van der Waals surface area (Å²) >= 11 is 0. The van der Waals surface area contributed by atoms with Crippen LogP contribution < -0.4 is 15.7 Å². The lowest BCUT2D eigenvalue weighted by Gasteiger charge is -2.34. The number of rotatable bonds is 8. The first-order chi connectivity index (χ1) is 19.5. The Hall–Kier alpha value is -3.75. The number of nitrogens with one attached hydrogen (secondary N) is 1. The third-order valence-electron chi connectivity index (χ3n) is 8.08. The molecule has 8 nitrogen and oxygen atoms in total. The second kappa shape index (κ2) is 11.8. The number of amides is 1. The zero-order valence-electron chi connectivity index (χ0n) is 23.1. The van der Waals surface area contributed by atoms with Crippen molar-refractivity contribution in [2.75, 3.05) is 51.2 Å². The number of benzene rings is 2. The van der Waals surface area contributed by atoms with Crippen molar-refractivity contribution < 1.29 is 13.9 Å². The van der Waals surface area contributed by atoms with Crippen LogP contribution in [0.25, 0.3) is 21.9 Å². The number of carbonyl (C=O) groups excluding carboxylic acids is 1. The third kappa shape index (κ3) is 5.88. The van der Waals surface area contributed by atoms with Gasteiger partial charge in [-0.1, -0.05) is 18.2 Å². The lowest BCUT2D eigenvalue weighted by atomic mass is 9.92. The van der Waals surface area contributed by atoms with Crippen LogP contribution in [0.3, 0.4) is 0 Å². The Kier molecular flexibility index (Phi) is 7.80. The zero-order chi connectivity index (χ0) is 27.5. The van der Waals surface area contributed by atoms with E-state index in [2.05, 4.69) is 21.2 Å². The Morgan fingerprint density at radius 2 is 1.80 bits per heavy atom. The van der Waals surface area contributed by atoms with Crippen molar-refractivity contribution in [1.82, 2.24) is 14.8 Å². The highest BCUT2D eigenvalue weighted by molar-refractivity contribution is 6.03. The van der Waals surface area contributed by atoms with E-state index in [-0.39, 0.29) is 11.5 Å². The standard InChI is InChI=1S/C32H36N4O4/c1-22-19-31(38)40-29-20-23(11-12-24(22)29)39-18-6-13-35-14-16-36(17-15-35)21-30(37)34-32-25-7-2-4-9-27(25)33-28-10-5-3-8-26(28)32/h2,4,7,9,11-12,19-20H,3,5-6,8,10,13-18,21H2,1H3,(H,33,34,37). The molecule has 40 heavy (non-hydrogen) atoms. The van der Waals surface area contributed by atoms with Crippen molar-refractivity contribution in [3.63, 3.8) is 0 Å².